The minimum atomic E-state index is -0.439. The number of piperidine rings is 1. The quantitative estimate of drug-likeness (QED) is 0.797. The van der Waals surface area contributed by atoms with E-state index in [-0.39, 0.29) is 5.91 Å². The summed E-state index contributed by atoms with van der Waals surface area (Å²) >= 11 is 1.53. The molecular formula is C13H15N3O3S. The molecule has 7 heteroatoms. The summed E-state index contributed by atoms with van der Waals surface area (Å²) in [4.78, 5) is 19.5. The number of ether oxygens (including phenoxy) is 2. The number of thiazole rings is 1. The average Bonchev–Trinajstić information content (AvgIpc) is 3.14. The molecule has 106 valence electrons. The number of nitrogens with zero attached hydrogens (tertiary/aromatic N) is 3. The lowest BCUT2D eigenvalue weighted by Gasteiger charge is -2.37. The zero-order chi connectivity index (χ0) is 13.6. The molecule has 2 aliphatic heterocycles. The molecule has 2 aromatic heterocycles. The molecule has 4 heterocycles. The molecule has 6 nitrogen and oxygen atoms in total. The van der Waals surface area contributed by atoms with Crippen LogP contribution in [0.5, 0.6) is 0 Å². The van der Waals surface area contributed by atoms with E-state index in [4.69, 9.17) is 9.47 Å². The predicted octanol–water partition coefficient (Wildman–Crippen LogP) is 1.37. The first-order valence-corrected chi connectivity index (χ1v) is 7.63. The van der Waals surface area contributed by atoms with Crippen molar-refractivity contribution in [3.63, 3.8) is 0 Å². The molecular weight excluding hydrogens is 278 g/mol. The molecule has 1 amide bonds. The Kier molecular flexibility index (Phi) is 2.80. The van der Waals surface area contributed by atoms with Crippen LogP contribution in [0, 0.1) is 0 Å². The maximum absolute atomic E-state index is 12.4. The Morgan fingerprint density at radius 2 is 2.05 bits per heavy atom. The lowest BCUT2D eigenvalue weighted by Crippen LogP contribution is -2.47. The fraction of sp³-hybridized carbons (Fsp3) is 0.538. The lowest BCUT2D eigenvalue weighted by molar-refractivity contribution is -0.181. The van der Waals surface area contributed by atoms with Crippen molar-refractivity contribution in [3.8, 4) is 0 Å². The summed E-state index contributed by atoms with van der Waals surface area (Å²) in [6, 6.07) is 0. The van der Waals surface area contributed by atoms with Crippen molar-refractivity contribution in [3.05, 3.63) is 23.5 Å². The molecule has 20 heavy (non-hydrogen) atoms. The number of hydrogen-bond donors (Lipinski definition) is 0. The SMILES string of the molecule is O=C(c1cn2ccsc2n1)N1CCC2(CC1)OCCO2. The van der Waals surface area contributed by atoms with E-state index in [0.717, 1.165) is 17.8 Å². The highest BCUT2D eigenvalue weighted by molar-refractivity contribution is 7.15. The largest absolute Gasteiger partial charge is 0.347 e. The molecule has 0 aliphatic carbocycles. The van der Waals surface area contributed by atoms with E-state index in [2.05, 4.69) is 4.98 Å². The van der Waals surface area contributed by atoms with Gasteiger partial charge < -0.3 is 14.4 Å². The molecule has 0 radical (unpaired) electrons. The number of carbonyl (C=O) groups is 1. The zero-order valence-electron chi connectivity index (χ0n) is 10.9. The summed E-state index contributed by atoms with van der Waals surface area (Å²) in [6.45, 7) is 2.63. The summed E-state index contributed by atoms with van der Waals surface area (Å²) in [5.74, 6) is -0.445. The summed E-state index contributed by atoms with van der Waals surface area (Å²) in [7, 11) is 0. The van der Waals surface area contributed by atoms with Gasteiger partial charge in [0.15, 0.2) is 10.7 Å². The second-order valence-corrected chi connectivity index (χ2v) is 5.99. The van der Waals surface area contributed by atoms with Crippen LogP contribution in [0.25, 0.3) is 4.96 Å². The molecule has 0 aromatic carbocycles. The molecule has 0 atom stereocenters. The molecule has 0 N–H and O–H groups in total. The number of amides is 1. The highest BCUT2D eigenvalue weighted by atomic mass is 32.1. The highest BCUT2D eigenvalue weighted by Gasteiger charge is 2.41. The van der Waals surface area contributed by atoms with E-state index in [9.17, 15) is 4.79 Å². The normalized spacial score (nSPS) is 21.9. The Morgan fingerprint density at radius 1 is 1.30 bits per heavy atom. The van der Waals surface area contributed by atoms with Crippen molar-refractivity contribution < 1.29 is 14.3 Å². The van der Waals surface area contributed by atoms with Crippen LogP contribution in [0.15, 0.2) is 17.8 Å². The van der Waals surface area contributed by atoms with E-state index < -0.39 is 5.79 Å². The average molecular weight is 293 g/mol. The minimum absolute atomic E-state index is 0.00579. The van der Waals surface area contributed by atoms with Crippen LogP contribution in [0.4, 0.5) is 0 Å². The molecule has 0 saturated carbocycles. The first-order chi connectivity index (χ1) is 9.76. The topological polar surface area (TPSA) is 56.1 Å². The zero-order valence-corrected chi connectivity index (χ0v) is 11.8. The van der Waals surface area contributed by atoms with Gasteiger partial charge in [0.2, 0.25) is 0 Å². The first-order valence-electron chi connectivity index (χ1n) is 6.75. The number of carbonyl (C=O) groups excluding carboxylic acids is 1. The number of imidazole rings is 1. The number of fused-ring (bicyclic) bond motifs is 1. The maximum atomic E-state index is 12.4. The third kappa shape index (κ3) is 1.93. The van der Waals surface area contributed by atoms with Crippen LogP contribution in [0.3, 0.4) is 0 Å². The van der Waals surface area contributed by atoms with E-state index >= 15 is 0 Å². The highest BCUT2D eigenvalue weighted by Crippen LogP contribution is 2.31. The predicted molar refractivity (Wildman–Crippen MR) is 72.8 cm³/mol. The van der Waals surface area contributed by atoms with Gasteiger partial charge >= 0.3 is 0 Å². The van der Waals surface area contributed by atoms with Crippen molar-refractivity contribution >= 4 is 22.2 Å². The fourth-order valence-corrected chi connectivity index (χ4v) is 3.53. The smallest absolute Gasteiger partial charge is 0.274 e. The summed E-state index contributed by atoms with van der Waals surface area (Å²) in [5, 5.41) is 1.95. The van der Waals surface area contributed by atoms with Gasteiger partial charge in [-0.2, -0.15) is 0 Å². The first kappa shape index (κ1) is 12.3. The van der Waals surface area contributed by atoms with Crippen LogP contribution in [0.1, 0.15) is 23.3 Å². The van der Waals surface area contributed by atoms with Crippen molar-refractivity contribution in [1.82, 2.24) is 14.3 Å². The lowest BCUT2D eigenvalue weighted by atomic mass is 10.0. The Hall–Kier alpha value is -1.44. The molecule has 1 spiro atoms. The number of hydrogen-bond acceptors (Lipinski definition) is 5. The second kappa shape index (κ2) is 4.54. The molecule has 0 bridgehead atoms. The van der Waals surface area contributed by atoms with Gasteiger partial charge in [0, 0.05) is 43.7 Å². The van der Waals surface area contributed by atoms with Crippen molar-refractivity contribution in [2.75, 3.05) is 26.3 Å². The Bertz CT molecular complexity index is 606. The van der Waals surface area contributed by atoms with Gasteiger partial charge in [-0.25, -0.2) is 4.98 Å². The van der Waals surface area contributed by atoms with E-state index in [1.165, 1.54) is 11.3 Å². The minimum Gasteiger partial charge on any atom is -0.347 e. The van der Waals surface area contributed by atoms with Gasteiger partial charge in [0.1, 0.15) is 5.69 Å². The monoisotopic (exact) mass is 293 g/mol. The molecule has 2 saturated heterocycles. The number of aromatic nitrogens is 2. The molecule has 0 unspecified atom stereocenters. The summed E-state index contributed by atoms with van der Waals surface area (Å²) < 4.78 is 13.2. The third-order valence-corrected chi connectivity index (χ3v) is 4.71. The summed E-state index contributed by atoms with van der Waals surface area (Å²) in [6.07, 6.45) is 5.18. The fourth-order valence-electron chi connectivity index (χ4n) is 2.83. The number of rotatable bonds is 1. The van der Waals surface area contributed by atoms with Crippen molar-refractivity contribution in [1.29, 1.82) is 0 Å². The van der Waals surface area contributed by atoms with Crippen LogP contribution in [-0.4, -0.2) is 52.3 Å². The van der Waals surface area contributed by atoms with Gasteiger partial charge in [-0.15, -0.1) is 11.3 Å². The standard InChI is InChI=1S/C13H15N3O3S/c17-11(10-9-16-5-8-20-12(16)14-10)15-3-1-13(2-4-15)18-6-7-19-13/h5,8-9H,1-4,6-7H2. The van der Waals surface area contributed by atoms with Crippen LogP contribution >= 0.6 is 11.3 Å². The Morgan fingerprint density at radius 3 is 2.75 bits per heavy atom. The van der Waals surface area contributed by atoms with Gasteiger partial charge in [-0.1, -0.05) is 0 Å². The summed E-state index contributed by atoms with van der Waals surface area (Å²) in [5.41, 5.74) is 0.515. The van der Waals surface area contributed by atoms with Gasteiger partial charge in [-0.3, -0.25) is 9.20 Å². The van der Waals surface area contributed by atoms with Gasteiger partial charge in [-0.05, 0) is 0 Å². The molecule has 2 aliphatic rings. The van der Waals surface area contributed by atoms with E-state index in [1.807, 2.05) is 20.9 Å². The van der Waals surface area contributed by atoms with Crippen molar-refractivity contribution in [2.45, 2.75) is 18.6 Å². The van der Waals surface area contributed by atoms with Gasteiger partial charge in [0.25, 0.3) is 5.91 Å². The van der Waals surface area contributed by atoms with E-state index in [0.29, 0.717) is 32.0 Å². The third-order valence-electron chi connectivity index (χ3n) is 3.94. The Labute approximate surface area is 119 Å². The maximum Gasteiger partial charge on any atom is 0.274 e. The van der Waals surface area contributed by atoms with E-state index in [1.54, 1.807) is 6.20 Å². The van der Waals surface area contributed by atoms with Gasteiger partial charge in [0.05, 0.1) is 13.2 Å². The van der Waals surface area contributed by atoms with Crippen molar-refractivity contribution in [2.24, 2.45) is 0 Å². The number of likely N-dealkylation sites (tertiary alicyclic amines) is 1. The van der Waals surface area contributed by atoms with Crippen LogP contribution in [0.2, 0.25) is 0 Å². The van der Waals surface area contributed by atoms with Crippen LogP contribution < -0.4 is 0 Å². The second-order valence-electron chi connectivity index (χ2n) is 5.12. The van der Waals surface area contributed by atoms with Crippen LogP contribution in [-0.2, 0) is 9.47 Å². The molecule has 2 fully saturated rings. The molecule has 4 rings (SSSR count). The Balaban J connectivity index is 1.48. The molecule has 2 aromatic rings.